The lowest BCUT2D eigenvalue weighted by atomic mass is 9.76. The number of fused-ring (bicyclic) bond motifs is 3. The predicted octanol–water partition coefficient (Wildman–Crippen LogP) is 2.53. The molecule has 154 valence electrons. The fourth-order valence-corrected chi connectivity index (χ4v) is 4.61. The van der Waals surface area contributed by atoms with E-state index >= 15 is 0 Å². The van der Waals surface area contributed by atoms with Crippen LogP contribution in [0, 0.1) is 17.2 Å². The highest BCUT2D eigenvalue weighted by Crippen LogP contribution is 2.33. The van der Waals surface area contributed by atoms with Crippen molar-refractivity contribution in [1.82, 2.24) is 10.6 Å². The van der Waals surface area contributed by atoms with Crippen LogP contribution >= 0.6 is 0 Å². The number of carbonyl (C=O) groups excluding carboxylic acids is 2. The first-order valence-electron chi connectivity index (χ1n) is 10.5. The smallest absolute Gasteiger partial charge is 0.248 e. The van der Waals surface area contributed by atoms with Crippen LogP contribution < -0.4 is 16.4 Å². The van der Waals surface area contributed by atoms with Crippen molar-refractivity contribution in [2.45, 2.75) is 50.2 Å². The number of primary amides is 1. The molecule has 0 spiro atoms. The van der Waals surface area contributed by atoms with Gasteiger partial charge in [0.25, 0.3) is 0 Å². The molecule has 0 aromatic heterocycles. The van der Waals surface area contributed by atoms with Gasteiger partial charge in [0.05, 0.1) is 12.1 Å². The molecule has 2 aromatic rings. The SMILES string of the molecule is N#CC(Cc1ccc(-c2cccc(C(N)=O)c2)cc1)NC(=O)C1NC2CCC1CC2. The van der Waals surface area contributed by atoms with Crippen LogP contribution in [0.25, 0.3) is 11.1 Å². The van der Waals surface area contributed by atoms with Crippen LogP contribution in [0.4, 0.5) is 0 Å². The van der Waals surface area contributed by atoms with Gasteiger partial charge in [0.15, 0.2) is 0 Å². The lowest BCUT2D eigenvalue weighted by Gasteiger charge is -2.42. The minimum atomic E-state index is -0.566. The summed E-state index contributed by atoms with van der Waals surface area (Å²) in [5.41, 5.74) is 8.66. The van der Waals surface area contributed by atoms with Crippen molar-refractivity contribution in [3.05, 3.63) is 59.7 Å². The van der Waals surface area contributed by atoms with Crippen LogP contribution in [0.2, 0.25) is 0 Å². The van der Waals surface area contributed by atoms with Crippen molar-refractivity contribution in [3.8, 4) is 17.2 Å². The average Bonchev–Trinajstić information content (AvgIpc) is 2.79. The zero-order chi connectivity index (χ0) is 21.1. The fourth-order valence-electron chi connectivity index (χ4n) is 4.61. The second-order valence-electron chi connectivity index (χ2n) is 8.29. The van der Waals surface area contributed by atoms with Crippen molar-refractivity contribution >= 4 is 11.8 Å². The van der Waals surface area contributed by atoms with Gasteiger partial charge in [-0.2, -0.15) is 5.26 Å². The molecule has 2 bridgehead atoms. The number of nitrogens with one attached hydrogen (secondary N) is 2. The van der Waals surface area contributed by atoms with Crippen molar-refractivity contribution in [1.29, 1.82) is 5.26 Å². The molecular weight excluding hydrogens is 376 g/mol. The van der Waals surface area contributed by atoms with Gasteiger partial charge in [0, 0.05) is 18.0 Å². The van der Waals surface area contributed by atoms with E-state index in [0.717, 1.165) is 42.4 Å². The number of hydrogen-bond donors (Lipinski definition) is 3. The zero-order valence-electron chi connectivity index (χ0n) is 16.8. The molecule has 4 N–H and O–H groups in total. The molecule has 1 aliphatic carbocycles. The van der Waals surface area contributed by atoms with E-state index in [4.69, 9.17) is 5.73 Å². The zero-order valence-corrected chi connectivity index (χ0v) is 16.8. The molecule has 6 heteroatoms. The van der Waals surface area contributed by atoms with E-state index in [9.17, 15) is 14.9 Å². The number of carbonyl (C=O) groups is 2. The highest BCUT2D eigenvalue weighted by atomic mass is 16.2. The van der Waals surface area contributed by atoms with E-state index < -0.39 is 11.9 Å². The number of hydrogen-bond acceptors (Lipinski definition) is 4. The van der Waals surface area contributed by atoms with Crippen LogP contribution in [0.1, 0.15) is 41.6 Å². The molecule has 3 aliphatic rings. The first-order valence-corrected chi connectivity index (χ1v) is 10.5. The van der Waals surface area contributed by atoms with Crippen LogP contribution in [0.3, 0.4) is 0 Å². The molecule has 2 aliphatic heterocycles. The minimum absolute atomic E-state index is 0.0594. The number of amides is 2. The molecule has 30 heavy (non-hydrogen) atoms. The lowest BCUT2D eigenvalue weighted by Crippen LogP contribution is -2.59. The normalized spacial score (nSPS) is 23.4. The molecule has 6 nitrogen and oxygen atoms in total. The Labute approximate surface area is 176 Å². The summed E-state index contributed by atoms with van der Waals surface area (Å²) in [5.74, 6) is -0.137. The van der Waals surface area contributed by atoms with Gasteiger partial charge in [0.1, 0.15) is 6.04 Å². The third-order valence-corrected chi connectivity index (χ3v) is 6.29. The summed E-state index contributed by atoms with van der Waals surface area (Å²) in [6.07, 6.45) is 4.91. The van der Waals surface area contributed by atoms with E-state index in [1.54, 1.807) is 18.2 Å². The topological polar surface area (TPSA) is 108 Å². The first kappa shape index (κ1) is 20.1. The van der Waals surface area contributed by atoms with Gasteiger partial charge in [-0.25, -0.2) is 0 Å². The van der Waals surface area contributed by atoms with Crippen molar-refractivity contribution in [3.63, 3.8) is 0 Å². The first-order chi connectivity index (χ1) is 14.5. The molecule has 2 saturated heterocycles. The maximum atomic E-state index is 12.7. The maximum absolute atomic E-state index is 12.7. The van der Waals surface area contributed by atoms with Gasteiger partial charge >= 0.3 is 0 Å². The summed E-state index contributed by atoms with van der Waals surface area (Å²) in [7, 11) is 0. The Bertz CT molecular complexity index is 971. The van der Waals surface area contributed by atoms with E-state index in [1.807, 2.05) is 30.3 Å². The number of nitrogens with two attached hydrogens (primary N) is 1. The Balaban J connectivity index is 1.39. The molecule has 2 amide bonds. The van der Waals surface area contributed by atoms with Crippen molar-refractivity contribution in [2.24, 2.45) is 11.7 Å². The summed E-state index contributed by atoms with van der Waals surface area (Å²) in [6, 6.07) is 16.9. The average molecular weight is 402 g/mol. The molecule has 2 aromatic carbocycles. The standard InChI is InChI=1S/C24H26N4O2/c25-14-21(28-24(30)22-17-8-10-20(27-22)11-9-17)12-15-4-6-16(7-5-15)18-2-1-3-19(13-18)23(26)29/h1-7,13,17,20-22,27H,8-12H2,(H2,26,29)(H,28,30). The summed E-state index contributed by atoms with van der Waals surface area (Å²) >= 11 is 0. The Morgan fingerprint density at radius 2 is 1.83 bits per heavy atom. The Hall–Kier alpha value is -3.17. The Kier molecular flexibility index (Phi) is 5.82. The molecule has 2 atom stereocenters. The minimum Gasteiger partial charge on any atom is -0.366 e. The molecular formula is C24H26N4O2. The van der Waals surface area contributed by atoms with Gasteiger partial charge < -0.3 is 16.4 Å². The molecule has 0 radical (unpaired) electrons. The molecule has 3 fully saturated rings. The maximum Gasteiger partial charge on any atom is 0.248 e. The van der Waals surface area contributed by atoms with E-state index in [-0.39, 0.29) is 11.9 Å². The van der Waals surface area contributed by atoms with Crippen LogP contribution in [-0.2, 0) is 11.2 Å². The molecule has 1 saturated carbocycles. The van der Waals surface area contributed by atoms with Crippen molar-refractivity contribution < 1.29 is 9.59 Å². The summed E-state index contributed by atoms with van der Waals surface area (Å²) in [6.45, 7) is 0. The van der Waals surface area contributed by atoms with Gasteiger partial charge in [0.2, 0.25) is 11.8 Å². The summed E-state index contributed by atoms with van der Waals surface area (Å²) in [5, 5.41) is 15.9. The third kappa shape index (κ3) is 4.37. The summed E-state index contributed by atoms with van der Waals surface area (Å²) in [4.78, 5) is 24.1. The number of benzene rings is 2. The molecule has 2 heterocycles. The summed E-state index contributed by atoms with van der Waals surface area (Å²) < 4.78 is 0. The number of nitrogens with zero attached hydrogens (tertiary/aromatic N) is 1. The number of rotatable bonds is 6. The Morgan fingerprint density at radius 3 is 2.43 bits per heavy atom. The number of nitriles is 1. The van der Waals surface area contributed by atoms with Crippen LogP contribution in [-0.4, -0.2) is 29.9 Å². The van der Waals surface area contributed by atoms with Crippen LogP contribution in [0.15, 0.2) is 48.5 Å². The highest BCUT2D eigenvalue weighted by molar-refractivity contribution is 5.94. The predicted molar refractivity (Wildman–Crippen MR) is 114 cm³/mol. The fraction of sp³-hybridized carbons (Fsp3) is 0.375. The van der Waals surface area contributed by atoms with Gasteiger partial charge in [-0.3, -0.25) is 9.59 Å². The number of piperidine rings is 2. The second kappa shape index (κ2) is 8.68. The van der Waals surface area contributed by atoms with Gasteiger partial charge in [-0.1, -0.05) is 36.4 Å². The van der Waals surface area contributed by atoms with E-state index in [1.165, 1.54) is 0 Å². The van der Waals surface area contributed by atoms with Gasteiger partial charge in [-0.05, 0) is 60.4 Å². The van der Waals surface area contributed by atoms with Crippen molar-refractivity contribution in [2.75, 3.05) is 0 Å². The second-order valence-corrected chi connectivity index (χ2v) is 8.29. The quantitative estimate of drug-likeness (QED) is 0.690. The van der Waals surface area contributed by atoms with Gasteiger partial charge in [-0.15, -0.1) is 0 Å². The molecule has 5 rings (SSSR count). The molecule has 2 unspecified atom stereocenters. The van der Waals surface area contributed by atoms with E-state index in [2.05, 4.69) is 16.7 Å². The van der Waals surface area contributed by atoms with Crippen LogP contribution in [0.5, 0.6) is 0 Å². The third-order valence-electron chi connectivity index (χ3n) is 6.29. The monoisotopic (exact) mass is 402 g/mol. The van der Waals surface area contributed by atoms with E-state index in [0.29, 0.717) is 23.9 Å². The largest absolute Gasteiger partial charge is 0.366 e. The Morgan fingerprint density at radius 1 is 1.10 bits per heavy atom. The lowest BCUT2D eigenvalue weighted by molar-refractivity contribution is -0.127. The highest BCUT2D eigenvalue weighted by Gasteiger charge is 2.39.